The molecule has 3 aromatic carbocycles. The van der Waals surface area contributed by atoms with Gasteiger partial charge < -0.3 is 9.73 Å². The van der Waals surface area contributed by atoms with Crippen LogP contribution in [0.3, 0.4) is 0 Å². The van der Waals surface area contributed by atoms with Gasteiger partial charge in [0.05, 0.1) is 5.52 Å². The number of halogens is 1. The van der Waals surface area contributed by atoms with E-state index in [4.69, 9.17) is 9.40 Å². The Morgan fingerprint density at radius 2 is 1.68 bits per heavy atom. The maximum atomic E-state index is 5.90. The van der Waals surface area contributed by atoms with Gasteiger partial charge in [-0.2, -0.15) is 0 Å². The third-order valence-electron chi connectivity index (χ3n) is 4.87. The molecule has 0 aliphatic rings. The van der Waals surface area contributed by atoms with Gasteiger partial charge >= 0.3 is 0 Å². The van der Waals surface area contributed by atoms with Gasteiger partial charge in [0.25, 0.3) is 5.89 Å². The zero-order chi connectivity index (χ0) is 21.2. The number of hydrogen-bond acceptors (Lipinski definition) is 6. The highest BCUT2D eigenvalue weighted by Gasteiger charge is 2.16. The molecule has 31 heavy (non-hydrogen) atoms. The summed E-state index contributed by atoms with van der Waals surface area (Å²) in [4.78, 5) is 9.34. The Bertz CT molecular complexity index is 1360. The average molecular weight is 472 g/mol. The van der Waals surface area contributed by atoms with Gasteiger partial charge in [-0.05, 0) is 48.9 Å². The van der Waals surface area contributed by atoms with Gasteiger partial charge in [0.15, 0.2) is 0 Å². The number of nitrogens with one attached hydrogen (secondary N) is 1. The Balaban J connectivity index is 1.50. The van der Waals surface area contributed by atoms with Gasteiger partial charge in [-0.1, -0.05) is 57.9 Å². The van der Waals surface area contributed by atoms with E-state index in [-0.39, 0.29) is 5.89 Å². The summed E-state index contributed by atoms with van der Waals surface area (Å²) in [7, 11) is 0. The van der Waals surface area contributed by atoms with Gasteiger partial charge in [0.2, 0.25) is 11.7 Å². The van der Waals surface area contributed by atoms with E-state index in [9.17, 15) is 0 Å². The maximum Gasteiger partial charge on any atom is 0.286 e. The van der Waals surface area contributed by atoms with Crippen molar-refractivity contribution in [1.29, 1.82) is 0 Å². The van der Waals surface area contributed by atoms with Crippen LogP contribution in [0.15, 0.2) is 81.7 Å². The van der Waals surface area contributed by atoms with Crippen LogP contribution >= 0.6 is 15.9 Å². The summed E-state index contributed by atoms with van der Waals surface area (Å²) in [6.45, 7) is 2.66. The Hall–Kier alpha value is -3.58. The van der Waals surface area contributed by atoms with Crippen molar-refractivity contribution in [3.05, 3.63) is 88.4 Å². The van der Waals surface area contributed by atoms with Crippen LogP contribution in [0.2, 0.25) is 0 Å². The normalized spacial score (nSPS) is 11.0. The molecule has 2 aromatic heterocycles. The van der Waals surface area contributed by atoms with Crippen molar-refractivity contribution in [3.8, 4) is 23.2 Å². The molecule has 2 heterocycles. The van der Waals surface area contributed by atoms with Gasteiger partial charge in [-0.3, -0.25) is 0 Å². The first-order valence-electron chi connectivity index (χ1n) is 9.82. The highest BCUT2D eigenvalue weighted by molar-refractivity contribution is 9.10. The summed E-state index contributed by atoms with van der Waals surface area (Å²) in [5.74, 6) is 1.83. The molecular formula is C24H18BrN5O. The Morgan fingerprint density at radius 3 is 2.52 bits per heavy atom. The van der Waals surface area contributed by atoms with Crippen LogP contribution in [0.4, 0.5) is 5.82 Å². The quantitative estimate of drug-likeness (QED) is 0.337. The second-order valence-electron chi connectivity index (χ2n) is 7.17. The average Bonchev–Trinajstić information content (AvgIpc) is 3.28. The molecule has 5 aromatic rings. The van der Waals surface area contributed by atoms with E-state index in [0.717, 1.165) is 32.3 Å². The molecule has 0 aliphatic heterocycles. The van der Waals surface area contributed by atoms with Crippen LogP contribution in [0, 0.1) is 6.92 Å². The molecule has 0 atom stereocenters. The summed E-state index contributed by atoms with van der Waals surface area (Å²) in [6, 6.07) is 23.9. The van der Waals surface area contributed by atoms with Gasteiger partial charge in [-0.15, -0.1) is 10.2 Å². The maximum absolute atomic E-state index is 5.90. The smallest absolute Gasteiger partial charge is 0.286 e. The Labute approximate surface area is 187 Å². The molecule has 0 bridgehead atoms. The van der Waals surface area contributed by atoms with Crippen molar-refractivity contribution in [2.75, 3.05) is 5.32 Å². The van der Waals surface area contributed by atoms with Gasteiger partial charge in [0, 0.05) is 22.0 Å². The lowest BCUT2D eigenvalue weighted by atomic mass is 10.1. The number of aromatic nitrogens is 4. The first kappa shape index (κ1) is 19.4. The van der Waals surface area contributed by atoms with Gasteiger partial charge in [0.1, 0.15) is 5.82 Å². The van der Waals surface area contributed by atoms with E-state index in [2.05, 4.69) is 48.6 Å². The number of hydrogen-bond donors (Lipinski definition) is 1. The molecule has 1 N–H and O–H groups in total. The Kier molecular flexibility index (Phi) is 5.18. The predicted octanol–water partition coefficient (Wildman–Crippen LogP) is 6.03. The summed E-state index contributed by atoms with van der Waals surface area (Å²) in [5, 5.41) is 12.7. The van der Waals surface area contributed by atoms with Crippen LogP contribution in [0.25, 0.3) is 34.1 Å². The second kappa shape index (κ2) is 8.28. The molecule has 5 rings (SSSR count). The van der Waals surface area contributed by atoms with Crippen LogP contribution < -0.4 is 5.32 Å². The van der Waals surface area contributed by atoms with E-state index < -0.39 is 0 Å². The van der Waals surface area contributed by atoms with Crippen LogP contribution in [0.1, 0.15) is 11.1 Å². The van der Waals surface area contributed by atoms with Crippen molar-refractivity contribution in [2.24, 2.45) is 0 Å². The van der Waals surface area contributed by atoms with E-state index in [0.29, 0.717) is 18.3 Å². The number of nitrogens with zero attached hydrogens (tertiary/aromatic N) is 4. The van der Waals surface area contributed by atoms with E-state index in [1.54, 1.807) is 0 Å². The monoisotopic (exact) mass is 471 g/mol. The second-order valence-corrected chi connectivity index (χ2v) is 8.09. The van der Waals surface area contributed by atoms with Crippen LogP contribution in [-0.4, -0.2) is 20.2 Å². The summed E-state index contributed by atoms with van der Waals surface area (Å²) < 4.78 is 6.93. The zero-order valence-corrected chi connectivity index (χ0v) is 18.3. The van der Waals surface area contributed by atoms with E-state index >= 15 is 0 Å². The first-order valence-corrected chi connectivity index (χ1v) is 10.6. The fraction of sp³-hybridized carbons (Fsp3) is 0.0833. The number of para-hydroxylation sites is 1. The highest BCUT2D eigenvalue weighted by atomic mass is 79.9. The number of benzene rings is 3. The minimum atomic E-state index is 0.284. The zero-order valence-electron chi connectivity index (χ0n) is 16.7. The van der Waals surface area contributed by atoms with Crippen molar-refractivity contribution in [2.45, 2.75) is 13.5 Å². The number of rotatable bonds is 5. The molecule has 0 saturated carbocycles. The third-order valence-corrected chi connectivity index (χ3v) is 5.36. The minimum Gasteiger partial charge on any atom is -0.413 e. The molecule has 0 fully saturated rings. The summed E-state index contributed by atoms with van der Waals surface area (Å²) in [5.41, 5.74) is 3.97. The number of aryl methyl sites for hydroxylation is 1. The molecule has 0 radical (unpaired) electrons. The van der Waals surface area contributed by atoms with E-state index in [1.807, 2.05) is 67.6 Å². The summed E-state index contributed by atoms with van der Waals surface area (Å²) >= 11 is 3.51. The molecule has 0 amide bonds. The molecule has 0 aliphatic carbocycles. The van der Waals surface area contributed by atoms with Crippen LogP contribution in [0.5, 0.6) is 0 Å². The molecule has 7 heteroatoms. The molecule has 152 valence electrons. The molecule has 6 nitrogen and oxygen atoms in total. The molecule has 0 unspecified atom stereocenters. The lowest BCUT2D eigenvalue weighted by Crippen LogP contribution is -2.04. The fourth-order valence-corrected chi connectivity index (χ4v) is 3.71. The molecule has 0 spiro atoms. The van der Waals surface area contributed by atoms with Crippen molar-refractivity contribution < 1.29 is 4.42 Å². The van der Waals surface area contributed by atoms with Crippen molar-refractivity contribution in [3.63, 3.8) is 0 Å². The third kappa shape index (κ3) is 4.18. The highest BCUT2D eigenvalue weighted by Crippen LogP contribution is 2.27. The number of anilines is 1. The van der Waals surface area contributed by atoms with E-state index in [1.165, 1.54) is 5.56 Å². The first-order chi connectivity index (χ1) is 15.2. The predicted molar refractivity (Wildman–Crippen MR) is 124 cm³/mol. The van der Waals surface area contributed by atoms with Gasteiger partial charge in [-0.25, -0.2) is 9.97 Å². The Morgan fingerprint density at radius 1 is 0.871 bits per heavy atom. The fourth-order valence-electron chi connectivity index (χ4n) is 3.27. The van der Waals surface area contributed by atoms with Crippen molar-refractivity contribution >= 4 is 32.7 Å². The molecular weight excluding hydrogens is 454 g/mol. The SMILES string of the molecule is Cc1ccc(-c2nnc(-c3nc(NCc4cccc(Br)c4)c4ccccc4n3)o2)cc1. The lowest BCUT2D eigenvalue weighted by molar-refractivity contribution is 0.579. The summed E-state index contributed by atoms with van der Waals surface area (Å²) in [6.07, 6.45) is 0. The van der Waals surface area contributed by atoms with Crippen LogP contribution in [-0.2, 0) is 6.54 Å². The standard InChI is InChI=1S/C24H18BrN5O/c1-15-9-11-17(12-10-15)23-29-30-24(31-23)22-27-20-8-3-2-7-19(20)21(28-22)26-14-16-5-4-6-18(25)13-16/h2-13H,14H2,1H3,(H,26,27,28). The minimum absolute atomic E-state index is 0.284. The van der Waals surface area contributed by atoms with Crippen molar-refractivity contribution in [1.82, 2.24) is 20.2 Å². The topological polar surface area (TPSA) is 76.7 Å². The molecule has 0 saturated heterocycles. The largest absolute Gasteiger partial charge is 0.413 e. The lowest BCUT2D eigenvalue weighted by Gasteiger charge is -2.10. The number of fused-ring (bicyclic) bond motifs is 1.